The quantitative estimate of drug-likeness (QED) is 0.852. The molecule has 1 aromatic rings. The van der Waals surface area contributed by atoms with E-state index >= 15 is 0 Å². The van der Waals surface area contributed by atoms with Crippen LogP contribution in [0.5, 0.6) is 0 Å². The van der Waals surface area contributed by atoms with E-state index < -0.39 is 10.0 Å². The van der Waals surface area contributed by atoms with Gasteiger partial charge in [0.1, 0.15) is 0 Å². The molecule has 0 radical (unpaired) electrons. The molecule has 3 rings (SSSR count). The van der Waals surface area contributed by atoms with Gasteiger partial charge < -0.3 is 5.32 Å². The second kappa shape index (κ2) is 5.13. The Kier molecular flexibility index (Phi) is 3.60. The number of hydrogen-bond acceptors (Lipinski definition) is 4. The van der Waals surface area contributed by atoms with Crippen molar-refractivity contribution in [1.29, 1.82) is 0 Å². The molecule has 0 bridgehead atoms. The molecule has 2 fully saturated rings. The van der Waals surface area contributed by atoms with Gasteiger partial charge in [-0.15, -0.1) is 0 Å². The summed E-state index contributed by atoms with van der Waals surface area (Å²) < 4.78 is 27.1. The molecule has 6 nitrogen and oxygen atoms in total. The Morgan fingerprint density at radius 3 is 2.80 bits per heavy atom. The van der Waals surface area contributed by atoms with E-state index in [2.05, 4.69) is 22.4 Å². The Morgan fingerprint density at radius 2 is 2.20 bits per heavy atom. The Hall–Kier alpha value is -0.920. The summed E-state index contributed by atoms with van der Waals surface area (Å²) in [5.74, 6) is 0.413. The number of nitrogens with zero attached hydrogens (tertiary/aromatic N) is 2. The lowest BCUT2D eigenvalue weighted by Gasteiger charge is -2.20. The SMILES string of the molecule is CC1CC(C)N(S(=O)(=O)c2[nH]ncc2CNC2CC2)C1. The Morgan fingerprint density at radius 1 is 1.45 bits per heavy atom. The normalized spacial score (nSPS) is 28.1. The van der Waals surface area contributed by atoms with Crippen LogP contribution in [0.2, 0.25) is 0 Å². The van der Waals surface area contributed by atoms with Crippen molar-refractivity contribution in [2.75, 3.05) is 6.54 Å². The predicted octanol–water partition coefficient (Wildman–Crippen LogP) is 1.08. The van der Waals surface area contributed by atoms with Crippen molar-refractivity contribution in [3.05, 3.63) is 11.8 Å². The summed E-state index contributed by atoms with van der Waals surface area (Å²) in [5, 5.41) is 10.2. The summed E-state index contributed by atoms with van der Waals surface area (Å²) in [6.45, 7) is 5.22. The lowest BCUT2D eigenvalue weighted by Crippen LogP contribution is -2.35. The average molecular weight is 298 g/mol. The zero-order valence-electron chi connectivity index (χ0n) is 12.0. The maximum Gasteiger partial charge on any atom is 0.260 e. The summed E-state index contributed by atoms with van der Waals surface area (Å²) in [6.07, 6.45) is 4.90. The average Bonchev–Trinajstić information content (AvgIpc) is 2.96. The van der Waals surface area contributed by atoms with Gasteiger partial charge in [0, 0.05) is 30.7 Å². The Balaban J connectivity index is 1.81. The zero-order valence-corrected chi connectivity index (χ0v) is 12.8. The van der Waals surface area contributed by atoms with Crippen molar-refractivity contribution < 1.29 is 8.42 Å². The fourth-order valence-electron chi connectivity index (χ4n) is 2.90. The van der Waals surface area contributed by atoms with Gasteiger partial charge in [-0.25, -0.2) is 8.42 Å². The fraction of sp³-hybridized carbons (Fsp3) is 0.769. The molecule has 0 spiro atoms. The number of hydrogen-bond donors (Lipinski definition) is 2. The number of aromatic amines is 1. The van der Waals surface area contributed by atoms with Crippen molar-refractivity contribution in [2.24, 2.45) is 5.92 Å². The highest BCUT2D eigenvalue weighted by molar-refractivity contribution is 7.89. The van der Waals surface area contributed by atoms with Crippen molar-refractivity contribution in [1.82, 2.24) is 19.8 Å². The van der Waals surface area contributed by atoms with E-state index in [0.29, 0.717) is 25.0 Å². The molecule has 2 heterocycles. The van der Waals surface area contributed by atoms with Crippen LogP contribution in [0.15, 0.2) is 11.2 Å². The molecule has 1 aliphatic heterocycles. The van der Waals surface area contributed by atoms with Crippen LogP contribution in [-0.4, -0.2) is 41.5 Å². The summed E-state index contributed by atoms with van der Waals surface area (Å²) >= 11 is 0. The van der Waals surface area contributed by atoms with Crippen LogP contribution in [0.3, 0.4) is 0 Å². The molecule has 0 amide bonds. The first-order valence-electron chi connectivity index (χ1n) is 7.26. The molecule has 1 aromatic heterocycles. The van der Waals surface area contributed by atoms with Crippen LogP contribution in [0.1, 0.15) is 38.7 Å². The van der Waals surface area contributed by atoms with Crippen LogP contribution >= 0.6 is 0 Å². The Labute approximate surface area is 120 Å². The standard InChI is InChI=1S/C13H22N4O2S/c1-9-5-10(2)17(8-9)20(18,19)13-11(7-15-16-13)6-14-12-3-4-12/h7,9-10,12,14H,3-6,8H2,1-2H3,(H,15,16). The zero-order chi connectivity index (χ0) is 14.3. The summed E-state index contributed by atoms with van der Waals surface area (Å²) in [4.78, 5) is 0. The van der Waals surface area contributed by atoms with Crippen LogP contribution in [-0.2, 0) is 16.6 Å². The lowest BCUT2D eigenvalue weighted by atomic mass is 10.1. The molecule has 0 aromatic carbocycles. The first kappa shape index (κ1) is 14.0. The van der Waals surface area contributed by atoms with Crippen LogP contribution in [0.4, 0.5) is 0 Å². The van der Waals surface area contributed by atoms with Gasteiger partial charge in [0.15, 0.2) is 5.03 Å². The third-order valence-electron chi connectivity index (χ3n) is 4.13. The second-order valence-electron chi connectivity index (χ2n) is 6.14. The van der Waals surface area contributed by atoms with Crippen molar-refractivity contribution in [3.63, 3.8) is 0 Å². The van der Waals surface area contributed by atoms with E-state index in [1.165, 1.54) is 12.8 Å². The third kappa shape index (κ3) is 2.62. The van der Waals surface area contributed by atoms with E-state index in [1.807, 2.05) is 6.92 Å². The molecular weight excluding hydrogens is 276 g/mol. The monoisotopic (exact) mass is 298 g/mol. The molecule has 1 aliphatic carbocycles. The molecule has 2 unspecified atom stereocenters. The van der Waals surface area contributed by atoms with Crippen LogP contribution in [0, 0.1) is 5.92 Å². The van der Waals surface area contributed by atoms with Gasteiger partial charge in [-0.3, -0.25) is 5.10 Å². The number of sulfonamides is 1. The number of H-pyrrole nitrogens is 1. The van der Waals surface area contributed by atoms with Crippen molar-refractivity contribution in [3.8, 4) is 0 Å². The molecule has 112 valence electrons. The van der Waals surface area contributed by atoms with Crippen molar-refractivity contribution >= 4 is 10.0 Å². The minimum Gasteiger partial charge on any atom is -0.310 e. The van der Waals surface area contributed by atoms with Crippen LogP contribution in [0.25, 0.3) is 0 Å². The number of rotatable bonds is 5. The second-order valence-corrected chi connectivity index (χ2v) is 7.97. The van der Waals surface area contributed by atoms with Gasteiger partial charge in [0.2, 0.25) is 0 Å². The van der Waals surface area contributed by atoms with Gasteiger partial charge in [0.25, 0.3) is 10.0 Å². The summed E-state index contributed by atoms with van der Waals surface area (Å²) in [6, 6.07) is 0.605. The van der Waals surface area contributed by atoms with Gasteiger partial charge in [-0.2, -0.15) is 9.40 Å². The Bertz CT molecular complexity index is 579. The predicted molar refractivity (Wildman–Crippen MR) is 75.6 cm³/mol. The molecule has 2 N–H and O–H groups in total. The van der Waals surface area contributed by atoms with E-state index in [4.69, 9.17) is 0 Å². The molecule has 1 saturated carbocycles. The highest BCUT2D eigenvalue weighted by Gasteiger charge is 2.38. The number of aromatic nitrogens is 2. The van der Waals surface area contributed by atoms with Gasteiger partial charge >= 0.3 is 0 Å². The highest BCUT2D eigenvalue weighted by Crippen LogP contribution is 2.29. The van der Waals surface area contributed by atoms with E-state index in [0.717, 1.165) is 12.0 Å². The van der Waals surface area contributed by atoms with Gasteiger partial charge in [-0.1, -0.05) is 6.92 Å². The van der Waals surface area contributed by atoms with Crippen LogP contribution < -0.4 is 5.32 Å². The lowest BCUT2D eigenvalue weighted by molar-refractivity contribution is 0.402. The fourth-order valence-corrected chi connectivity index (χ4v) is 4.77. The van der Waals surface area contributed by atoms with E-state index in [1.54, 1.807) is 10.5 Å². The molecule has 2 aliphatic rings. The topological polar surface area (TPSA) is 78.1 Å². The summed E-state index contributed by atoms with van der Waals surface area (Å²) in [5.41, 5.74) is 0.739. The van der Waals surface area contributed by atoms with Crippen molar-refractivity contribution in [2.45, 2.75) is 56.8 Å². The smallest absolute Gasteiger partial charge is 0.260 e. The first-order valence-corrected chi connectivity index (χ1v) is 8.70. The molecule has 2 atom stereocenters. The van der Waals surface area contributed by atoms with Gasteiger partial charge in [0.05, 0.1) is 6.20 Å². The third-order valence-corrected chi connectivity index (χ3v) is 6.13. The maximum absolute atomic E-state index is 12.8. The number of nitrogens with one attached hydrogen (secondary N) is 2. The van der Waals surface area contributed by atoms with Gasteiger partial charge in [-0.05, 0) is 32.1 Å². The van der Waals surface area contributed by atoms with E-state index in [9.17, 15) is 8.42 Å². The molecule has 20 heavy (non-hydrogen) atoms. The largest absolute Gasteiger partial charge is 0.310 e. The molecule has 7 heteroatoms. The highest BCUT2D eigenvalue weighted by atomic mass is 32.2. The molecular formula is C13H22N4O2S. The minimum absolute atomic E-state index is 0.0579. The van der Waals surface area contributed by atoms with E-state index in [-0.39, 0.29) is 11.1 Å². The first-order chi connectivity index (χ1) is 9.48. The minimum atomic E-state index is -3.46. The maximum atomic E-state index is 12.8. The summed E-state index contributed by atoms with van der Waals surface area (Å²) in [7, 11) is -3.46. The molecule has 1 saturated heterocycles.